The quantitative estimate of drug-likeness (QED) is 0.351. The van der Waals surface area contributed by atoms with Crippen LogP contribution in [0.25, 0.3) is 0 Å². The zero-order valence-electron chi connectivity index (χ0n) is 12.8. The van der Waals surface area contributed by atoms with Crippen LogP contribution in [0.3, 0.4) is 0 Å². The first-order chi connectivity index (χ1) is 12.1. The summed E-state index contributed by atoms with van der Waals surface area (Å²) >= 11 is 2.48. The van der Waals surface area contributed by atoms with E-state index in [1.165, 1.54) is 17.4 Å². The number of nitrogens with zero attached hydrogens (tertiary/aromatic N) is 2. The molecule has 3 rings (SSSR count). The van der Waals surface area contributed by atoms with E-state index in [4.69, 9.17) is 9.47 Å². The minimum Gasteiger partial charge on any atom is -0.487 e. The van der Waals surface area contributed by atoms with Gasteiger partial charge < -0.3 is 9.47 Å². The Morgan fingerprint density at radius 3 is 2.84 bits per heavy atom. The maximum atomic E-state index is 12.1. The van der Waals surface area contributed by atoms with Gasteiger partial charge in [-0.1, -0.05) is 17.4 Å². The predicted molar refractivity (Wildman–Crippen MR) is 93.0 cm³/mol. The van der Waals surface area contributed by atoms with Crippen LogP contribution in [0.15, 0.2) is 46.6 Å². The standard InChI is InChI=1S/C16H12N2O5S2/c19-16(23-6-11-4-15(18(20)21)25-8-11)12-2-1-3-14(5-12)22-7-13-9-24-10-17-13/h1-5,8-10H,6-7H2. The molecule has 0 aliphatic rings. The summed E-state index contributed by atoms with van der Waals surface area (Å²) in [6.07, 6.45) is 0. The molecule has 0 atom stereocenters. The Morgan fingerprint density at radius 1 is 1.24 bits per heavy atom. The van der Waals surface area contributed by atoms with Gasteiger partial charge in [-0.05, 0) is 18.2 Å². The normalized spacial score (nSPS) is 10.4. The first kappa shape index (κ1) is 17.1. The molecule has 128 valence electrons. The number of rotatable bonds is 7. The average molecular weight is 376 g/mol. The summed E-state index contributed by atoms with van der Waals surface area (Å²) in [5.74, 6) is 0.0154. The van der Waals surface area contributed by atoms with E-state index in [0.717, 1.165) is 17.0 Å². The Bertz CT molecular complexity index is 876. The molecule has 0 bridgehead atoms. The molecule has 0 amide bonds. The van der Waals surface area contributed by atoms with Crippen LogP contribution in [-0.2, 0) is 18.0 Å². The highest BCUT2D eigenvalue weighted by atomic mass is 32.1. The summed E-state index contributed by atoms with van der Waals surface area (Å²) in [5, 5.41) is 14.1. The highest BCUT2D eigenvalue weighted by molar-refractivity contribution is 7.13. The number of thiophene rings is 1. The molecule has 9 heteroatoms. The van der Waals surface area contributed by atoms with E-state index in [2.05, 4.69) is 4.98 Å². The maximum absolute atomic E-state index is 12.1. The molecular weight excluding hydrogens is 364 g/mol. The summed E-state index contributed by atoms with van der Waals surface area (Å²) in [6.45, 7) is 0.299. The van der Waals surface area contributed by atoms with Crippen LogP contribution in [0, 0.1) is 10.1 Å². The Morgan fingerprint density at radius 2 is 2.12 bits per heavy atom. The van der Waals surface area contributed by atoms with Gasteiger partial charge in [-0.25, -0.2) is 9.78 Å². The van der Waals surface area contributed by atoms with E-state index >= 15 is 0 Å². The molecule has 3 aromatic rings. The van der Waals surface area contributed by atoms with E-state index in [-0.39, 0.29) is 11.6 Å². The third-order valence-electron chi connectivity index (χ3n) is 3.13. The van der Waals surface area contributed by atoms with Crippen molar-refractivity contribution in [3.63, 3.8) is 0 Å². The highest BCUT2D eigenvalue weighted by Gasteiger charge is 2.13. The third kappa shape index (κ3) is 4.61. The van der Waals surface area contributed by atoms with Crippen LogP contribution >= 0.6 is 22.7 Å². The molecule has 0 radical (unpaired) electrons. The van der Waals surface area contributed by atoms with Gasteiger partial charge in [-0.15, -0.1) is 11.3 Å². The second-order valence-electron chi connectivity index (χ2n) is 4.92. The molecule has 0 saturated heterocycles. The van der Waals surface area contributed by atoms with Crippen LogP contribution in [0.2, 0.25) is 0 Å². The van der Waals surface area contributed by atoms with E-state index in [0.29, 0.717) is 23.5 Å². The van der Waals surface area contributed by atoms with Crippen molar-refractivity contribution in [3.05, 3.63) is 73.5 Å². The largest absolute Gasteiger partial charge is 0.487 e. The second-order valence-corrected chi connectivity index (χ2v) is 6.53. The van der Waals surface area contributed by atoms with E-state index in [1.807, 2.05) is 5.38 Å². The number of hydrogen-bond acceptors (Lipinski definition) is 8. The number of benzene rings is 1. The SMILES string of the molecule is O=C(OCc1csc([N+](=O)[O-])c1)c1cccc(OCc2cscn2)c1. The molecule has 1 aromatic carbocycles. The van der Waals surface area contributed by atoms with Crippen molar-refractivity contribution < 1.29 is 19.2 Å². The molecule has 0 fully saturated rings. The highest BCUT2D eigenvalue weighted by Crippen LogP contribution is 2.23. The van der Waals surface area contributed by atoms with Crippen molar-refractivity contribution in [3.8, 4) is 5.75 Å². The van der Waals surface area contributed by atoms with E-state index in [1.54, 1.807) is 35.2 Å². The van der Waals surface area contributed by atoms with Crippen molar-refractivity contribution in [2.75, 3.05) is 0 Å². The second kappa shape index (κ2) is 7.86. The van der Waals surface area contributed by atoms with Gasteiger partial charge in [0, 0.05) is 22.4 Å². The van der Waals surface area contributed by atoms with Crippen LogP contribution in [0.4, 0.5) is 5.00 Å². The number of esters is 1. The minimum atomic E-state index is -0.520. The number of aromatic nitrogens is 1. The molecule has 0 saturated carbocycles. The third-order valence-corrected chi connectivity index (χ3v) is 4.69. The fraction of sp³-hybridized carbons (Fsp3) is 0.125. The molecule has 0 aliphatic carbocycles. The lowest BCUT2D eigenvalue weighted by atomic mass is 10.2. The molecule has 7 nitrogen and oxygen atoms in total. The lowest BCUT2D eigenvalue weighted by Crippen LogP contribution is -2.05. The Labute approximate surface area is 150 Å². The van der Waals surface area contributed by atoms with Crippen molar-refractivity contribution in [2.45, 2.75) is 13.2 Å². The molecule has 25 heavy (non-hydrogen) atoms. The van der Waals surface area contributed by atoms with Crippen molar-refractivity contribution in [2.24, 2.45) is 0 Å². The minimum absolute atomic E-state index is 0.0171. The Hall–Kier alpha value is -2.78. The van der Waals surface area contributed by atoms with Crippen LogP contribution in [0.1, 0.15) is 21.6 Å². The monoisotopic (exact) mass is 376 g/mol. The fourth-order valence-electron chi connectivity index (χ4n) is 1.95. The zero-order chi connectivity index (χ0) is 17.6. The van der Waals surface area contributed by atoms with Crippen LogP contribution in [-0.4, -0.2) is 15.9 Å². The molecule has 0 aliphatic heterocycles. The number of hydrogen-bond donors (Lipinski definition) is 0. The predicted octanol–water partition coefficient (Wildman–Crippen LogP) is 4.05. The molecule has 0 unspecified atom stereocenters. The van der Waals surface area contributed by atoms with Gasteiger partial charge in [0.2, 0.25) is 0 Å². The smallest absolute Gasteiger partial charge is 0.338 e. The summed E-state index contributed by atoms with van der Waals surface area (Å²) in [6, 6.07) is 8.04. The lowest BCUT2D eigenvalue weighted by molar-refractivity contribution is -0.380. The van der Waals surface area contributed by atoms with Crippen molar-refractivity contribution in [1.29, 1.82) is 0 Å². The molecule has 0 spiro atoms. The average Bonchev–Trinajstić information content (AvgIpc) is 3.30. The van der Waals surface area contributed by atoms with Gasteiger partial charge in [0.05, 0.1) is 21.7 Å². The molecule has 0 N–H and O–H groups in total. The topological polar surface area (TPSA) is 91.6 Å². The van der Waals surface area contributed by atoms with Gasteiger partial charge in [-0.2, -0.15) is 0 Å². The Kier molecular flexibility index (Phi) is 5.36. The summed E-state index contributed by atoms with van der Waals surface area (Å²) in [7, 11) is 0. The van der Waals surface area contributed by atoms with Crippen molar-refractivity contribution in [1.82, 2.24) is 4.98 Å². The zero-order valence-corrected chi connectivity index (χ0v) is 14.4. The van der Waals surface area contributed by atoms with Crippen molar-refractivity contribution >= 4 is 33.6 Å². The van der Waals surface area contributed by atoms with Crippen LogP contribution in [0.5, 0.6) is 5.75 Å². The lowest BCUT2D eigenvalue weighted by Gasteiger charge is -2.07. The van der Waals surface area contributed by atoms with Crippen LogP contribution < -0.4 is 4.74 Å². The summed E-state index contributed by atoms with van der Waals surface area (Å²) < 4.78 is 10.8. The maximum Gasteiger partial charge on any atom is 0.338 e. The van der Waals surface area contributed by atoms with Gasteiger partial charge in [0.15, 0.2) is 0 Å². The van der Waals surface area contributed by atoms with Gasteiger partial charge in [0.25, 0.3) is 0 Å². The first-order valence-corrected chi connectivity index (χ1v) is 8.93. The molecule has 2 aromatic heterocycles. The van der Waals surface area contributed by atoms with Gasteiger partial charge in [0.1, 0.15) is 19.0 Å². The Balaban J connectivity index is 1.57. The summed E-state index contributed by atoms with van der Waals surface area (Å²) in [5.41, 5.74) is 3.47. The van der Waals surface area contributed by atoms with Gasteiger partial charge in [-0.3, -0.25) is 10.1 Å². The number of ether oxygens (including phenoxy) is 2. The fourth-order valence-corrected chi connectivity index (χ4v) is 3.20. The van der Waals surface area contributed by atoms with Gasteiger partial charge >= 0.3 is 11.0 Å². The number of thiazole rings is 1. The molecular formula is C16H12N2O5S2. The number of nitro groups is 1. The summed E-state index contributed by atoms with van der Waals surface area (Å²) in [4.78, 5) is 26.4. The number of carbonyl (C=O) groups is 1. The molecule has 2 heterocycles. The van der Waals surface area contributed by atoms with E-state index in [9.17, 15) is 14.9 Å². The number of carbonyl (C=O) groups excluding carboxylic acids is 1. The van der Waals surface area contributed by atoms with E-state index < -0.39 is 10.9 Å². The first-order valence-electron chi connectivity index (χ1n) is 7.10.